The minimum atomic E-state index is -0.493. The van der Waals surface area contributed by atoms with Crippen LogP contribution in [0.1, 0.15) is 12.8 Å². The molecule has 0 fully saturated rings. The highest BCUT2D eigenvalue weighted by molar-refractivity contribution is 6.12. The van der Waals surface area contributed by atoms with Crippen LogP contribution >= 0.6 is 0 Å². The van der Waals surface area contributed by atoms with Crippen molar-refractivity contribution in [3.05, 3.63) is 11.3 Å². The van der Waals surface area contributed by atoms with E-state index >= 15 is 0 Å². The smallest absolute Gasteiger partial charge is 0.274 e. The topological polar surface area (TPSA) is 75.3 Å². The fraction of sp³-hybridized carbons (Fsp3) is 0.286. The van der Waals surface area contributed by atoms with Gasteiger partial charge in [0.15, 0.2) is 0 Å². The summed E-state index contributed by atoms with van der Waals surface area (Å²) in [6, 6.07) is 0. The summed E-state index contributed by atoms with van der Waals surface area (Å²) in [6.45, 7) is 0. The molecule has 2 aliphatic heterocycles. The standard InChI is InChI=1S/C7H6N2O3/c10-4-1-3-2-5(11)9-7(12)6(3)8-4/h1-2H2,(H,8,10)(H,9,11,12). The van der Waals surface area contributed by atoms with E-state index < -0.39 is 5.91 Å². The molecule has 0 aromatic carbocycles. The van der Waals surface area contributed by atoms with Crippen molar-refractivity contribution in [3.8, 4) is 0 Å². The molecule has 3 amide bonds. The van der Waals surface area contributed by atoms with Gasteiger partial charge >= 0.3 is 0 Å². The van der Waals surface area contributed by atoms with E-state index in [0.29, 0.717) is 5.57 Å². The lowest BCUT2D eigenvalue weighted by Gasteiger charge is -2.11. The Morgan fingerprint density at radius 2 is 1.50 bits per heavy atom. The van der Waals surface area contributed by atoms with E-state index in [4.69, 9.17) is 0 Å². The van der Waals surface area contributed by atoms with Gasteiger partial charge in [0.25, 0.3) is 5.91 Å². The minimum Gasteiger partial charge on any atom is -0.321 e. The number of hydrogen-bond acceptors (Lipinski definition) is 3. The maximum Gasteiger partial charge on any atom is 0.274 e. The van der Waals surface area contributed by atoms with Crippen molar-refractivity contribution in [3.63, 3.8) is 0 Å². The molecular formula is C7H6N2O3. The zero-order chi connectivity index (χ0) is 8.72. The first-order valence-corrected chi connectivity index (χ1v) is 3.53. The lowest BCUT2D eigenvalue weighted by atomic mass is 10.1. The van der Waals surface area contributed by atoms with Crippen LogP contribution in [-0.2, 0) is 14.4 Å². The number of carbonyl (C=O) groups is 3. The third-order valence-electron chi connectivity index (χ3n) is 1.85. The number of carbonyl (C=O) groups excluding carboxylic acids is 3. The molecule has 5 heteroatoms. The highest BCUT2D eigenvalue weighted by Gasteiger charge is 2.32. The summed E-state index contributed by atoms with van der Waals surface area (Å²) in [4.78, 5) is 32.7. The van der Waals surface area contributed by atoms with Crippen LogP contribution in [0.5, 0.6) is 0 Å². The van der Waals surface area contributed by atoms with Gasteiger partial charge in [0.1, 0.15) is 5.70 Å². The van der Waals surface area contributed by atoms with E-state index in [-0.39, 0.29) is 30.4 Å². The number of nitrogens with one attached hydrogen (secondary N) is 2. The molecule has 12 heavy (non-hydrogen) atoms. The molecule has 0 aliphatic carbocycles. The van der Waals surface area contributed by atoms with E-state index in [9.17, 15) is 14.4 Å². The van der Waals surface area contributed by atoms with Crippen molar-refractivity contribution in [1.29, 1.82) is 0 Å². The molecule has 5 nitrogen and oxygen atoms in total. The van der Waals surface area contributed by atoms with Crippen LogP contribution in [-0.4, -0.2) is 17.7 Å². The minimum absolute atomic E-state index is 0.153. The first-order chi connectivity index (χ1) is 5.66. The Morgan fingerprint density at radius 3 is 2.17 bits per heavy atom. The fourth-order valence-corrected chi connectivity index (χ4v) is 1.35. The zero-order valence-corrected chi connectivity index (χ0v) is 6.14. The van der Waals surface area contributed by atoms with Crippen molar-refractivity contribution in [1.82, 2.24) is 10.6 Å². The Balaban J connectivity index is 2.36. The van der Waals surface area contributed by atoms with E-state index in [0.717, 1.165) is 0 Å². The van der Waals surface area contributed by atoms with Gasteiger partial charge in [0.2, 0.25) is 11.8 Å². The maximum atomic E-state index is 11.0. The predicted molar refractivity (Wildman–Crippen MR) is 37.6 cm³/mol. The van der Waals surface area contributed by atoms with Gasteiger partial charge in [-0.15, -0.1) is 0 Å². The van der Waals surface area contributed by atoms with Crippen molar-refractivity contribution < 1.29 is 14.4 Å². The Labute approximate surface area is 67.8 Å². The molecule has 2 aliphatic rings. The zero-order valence-electron chi connectivity index (χ0n) is 6.14. The van der Waals surface area contributed by atoms with Gasteiger partial charge in [-0.2, -0.15) is 0 Å². The van der Waals surface area contributed by atoms with Crippen molar-refractivity contribution in [2.75, 3.05) is 0 Å². The van der Waals surface area contributed by atoms with Gasteiger partial charge in [-0.25, -0.2) is 0 Å². The highest BCUT2D eigenvalue weighted by atomic mass is 16.2. The molecule has 0 atom stereocenters. The summed E-state index contributed by atoms with van der Waals surface area (Å²) in [6.07, 6.45) is 0.328. The lowest BCUT2D eigenvalue weighted by Crippen LogP contribution is -2.38. The van der Waals surface area contributed by atoms with Crippen LogP contribution in [0.25, 0.3) is 0 Å². The number of imide groups is 1. The summed E-state index contributed by atoms with van der Waals surface area (Å²) in [5.74, 6) is -1.05. The first-order valence-electron chi connectivity index (χ1n) is 3.53. The van der Waals surface area contributed by atoms with Gasteiger partial charge in [0, 0.05) is 0 Å². The molecule has 0 bridgehead atoms. The Bertz CT molecular complexity index is 330. The second kappa shape index (κ2) is 2.17. The molecule has 62 valence electrons. The molecule has 0 saturated carbocycles. The molecule has 0 radical (unpaired) electrons. The van der Waals surface area contributed by atoms with Crippen molar-refractivity contribution >= 4 is 17.7 Å². The van der Waals surface area contributed by atoms with E-state index in [1.54, 1.807) is 0 Å². The molecular weight excluding hydrogens is 160 g/mol. The number of hydrogen-bond donors (Lipinski definition) is 2. The van der Waals surface area contributed by atoms with E-state index in [1.165, 1.54) is 0 Å². The average molecular weight is 166 g/mol. The molecule has 0 aromatic heterocycles. The third-order valence-corrected chi connectivity index (χ3v) is 1.85. The van der Waals surface area contributed by atoms with E-state index in [2.05, 4.69) is 10.6 Å². The lowest BCUT2D eigenvalue weighted by molar-refractivity contribution is -0.129. The van der Waals surface area contributed by atoms with Crippen LogP contribution in [0.15, 0.2) is 11.3 Å². The van der Waals surface area contributed by atoms with Gasteiger partial charge in [-0.05, 0) is 5.57 Å². The van der Waals surface area contributed by atoms with Gasteiger partial charge < -0.3 is 5.32 Å². The second-order valence-electron chi connectivity index (χ2n) is 2.76. The Morgan fingerprint density at radius 1 is 0.917 bits per heavy atom. The molecule has 2 rings (SSSR count). The second-order valence-corrected chi connectivity index (χ2v) is 2.76. The maximum absolute atomic E-state index is 11.0. The third kappa shape index (κ3) is 0.903. The van der Waals surface area contributed by atoms with Crippen LogP contribution in [0, 0.1) is 0 Å². The molecule has 2 heterocycles. The Kier molecular flexibility index (Phi) is 1.27. The average Bonchev–Trinajstić information content (AvgIpc) is 2.29. The SMILES string of the molecule is O=C1CC2=C(NC(=O)C2)C(=O)N1. The largest absolute Gasteiger partial charge is 0.321 e. The first kappa shape index (κ1) is 7.02. The van der Waals surface area contributed by atoms with Gasteiger partial charge in [0.05, 0.1) is 12.8 Å². The molecule has 0 aromatic rings. The quantitative estimate of drug-likeness (QED) is 0.444. The molecule has 0 unspecified atom stereocenters. The molecule has 2 N–H and O–H groups in total. The monoisotopic (exact) mass is 166 g/mol. The van der Waals surface area contributed by atoms with Gasteiger partial charge in [-0.1, -0.05) is 0 Å². The normalized spacial score (nSPS) is 22.2. The van der Waals surface area contributed by atoms with Crippen LogP contribution < -0.4 is 10.6 Å². The van der Waals surface area contributed by atoms with E-state index in [1.807, 2.05) is 0 Å². The van der Waals surface area contributed by atoms with Gasteiger partial charge in [-0.3, -0.25) is 19.7 Å². The summed E-state index contributed by atoms with van der Waals surface area (Å²) >= 11 is 0. The summed E-state index contributed by atoms with van der Waals surface area (Å²) < 4.78 is 0. The summed E-state index contributed by atoms with van der Waals surface area (Å²) in [5, 5.41) is 4.52. The summed E-state index contributed by atoms with van der Waals surface area (Å²) in [7, 11) is 0. The van der Waals surface area contributed by atoms with Crippen molar-refractivity contribution in [2.45, 2.75) is 12.8 Å². The summed E-state index contributed by atoms with van der Waals surface area (Å²) in [5.41, 5.74) is 0.869. The fourth-order valence-electron chi connectivity index (χ4n) is 1.35. The Hall–Kier alpha value is -1.65. The van der Waals surface area contributed by atoms with Crippen LogP contribution in [0.3, 0.4) is 0 Å². The van der Waals surface area contributed by atoms with Crippen LogP contribution in [0.2, 0.25) is 0 Å². The molecule has 0 spiro atoms. The van der Waals surface area contributed by atoms with Crippen molar-refractivity contribution in [2.24, 2.45) is 0 Å². The van der Waals surface area contributed by atoms with Crippen LogP contribution in [0.4, 0.5) is 0 Å². The number of rotatable bonds is 0. The number of amides is 3. The molecule has 0 saturated heterocycles. The highest BCUT2D eigenvalue weighted by Crippen LogP contribution is 2.21. The predicted octanol–water partition coefficient (Wildman–Crippen LogP) is -1.19.